The average molecular weight is 621 g/mol. The number of carbonyl (C=O) groups excluding carboxylic acids is 1. The first-order chi connectivity index (χ1) is 17.0. The predicted octanol–water partition coefficient (Wildman–Crippen LogP) is 3.67. The number of hydrogen-bond donors (Lipinski definition) is 1. The van der Waals surface area contributed by atoms with Crippen molar-refractivity contribution in [3.05, 3.63) is 73.6 Å². The van der Waals surface area contributed by atoms with Gasteiger partial charge in [0.2, 0.25) is 5.43 Å². The molecule has 0 radical (unpaired) electrons. The number of pyridine rings is 2. The van der Waals surface area contributed by atoms with Crippen LogP contribution in [0, 0.1) is 3.57 Å². The Morgan fingerprint density at radius 1 is 1.31 bits per heavy atom. The lowest BCUT2D eigenvalue weighted by atomic mass is 9.79. The van der Waals surface area contributed by atoms with Crippen LogP contribution in [0.1, 0.15) is 35.9 Å². The lowest BCUT2D eigenvalue weighted by molar-refractivity contribution is 0.0822. The third kappa shape index (κ3) is 4.31. The zero-order valence-corrected chi connectivity index (χ0v) is 23.4. The molecule has 4 rings (SSSR count). The molecule has 0 saturated heterocycles. The van der Waals surface area contributed by atoms with Crippen molar-refractivity contribution in [3.8, 4) is 0 Å². The number of carbonyl (C=O) groups is 1. The fraction of sp³-hybridized carbons (Fsp3) is 0.320. The van der Waals surface area contributed by atoms with E-state index in [9.17, 15) is 9.59 Å². The average Bonchev–Trinajstić information content (AvgIpc) is 2.86. The molecule has 3 atom stereocenters. The third-order valence-electron chi connectivity index (χ3n) is 6.47. The molecular weight excluding hydrogens is 595 g/mol. The van der Waals surface area contributed by atoms with E-state index in [1.807, 2.05) is 59.2 Å². The number of aromatic nitrogens is 4. The fourth-order valence-electron chi connectivity index (χ4n) is 4.48. The topological polar surface area (TPSA) is 116 Å². The molecule has 36 heavy (non-hydrogen) atoms. The Bertz CT molecular complexity index is 1470. The van der Waals surface area contributed by atoms with Crippen molar-refractivity contribution in [2.45, 2.75) is 30.9 Å². The predicted molar refractivity (Wildman–Crippen MR) is 149 cm³/mol. The summed E-state index contributed by atoms with van der Waals surface area (Å²) in [6.45, 7) is 3.92. The van der Waals surface area contributed by atoms with Crippen LogP contribution in [0.4, 0.5) is 5.82 Å². The monoisotopic (exact) mass is 620 g/mol. The zero-order chi connectivity index (χ0) is 26.4. The Balaban J connectivity index is 1.82. The van der Waals surface area contributed by atoms with E-state index < -0.39 is 17.0 Å². The molecule has 1 aliphatic carbocycles. The highest BCUT2D eigenvalue weighted by Crippen LogP contribution is 2.46. The van der Waals surface area contributed by atoms with Crippen LogP contribution >= 0.6 is 34.2 Å². The molecule has 3 aromatic rings. The highest BCUT2D eigenvalue weighted by molar-refractivity contribution is 14.1. The molecule has 3 unspecified atom stereocenters. The van der Waals surface area contributed by atoms with Gasteiger partial charge in [0, 0.05) is 33.6 Å². The van der Waals surface area contributed by atoms with Crippen LogP contribution in [0.25, 0.3) is 16.6 Å². The van der Waals surface area contributed by atoms with Gasteiger partial charge >= 0.3 is 0 Å². The second-order valence-corrected chi connectivity index (χ2v) is 10.7. The first kappa shape index (κ1) is 26.2. The normalized spacial score (nSPS) is 20.6. The minimum Gasteiger partial charge on any atom is -0.383 e. The Labute approximate surface area is 227 Å². The highest BCUT2D eigenvalue weighted by atomic mass is 127. The third-order valence-corrected chi connectivity index (χ3v) is 7.88. The number of amides is 1. The summed E-state index contributed by atoms with van der Waals surface area (Å²) in [7, 11) is 4.97. The smallest absolute Gasteiger partial charge is 0.271 e. The number of halogens is 2. The van der Waals surface area contributed by atoms with E-state index in [-0.39, 0.29) is 22.5 Å². The van der Waals surface area contributed by atoms with Crippen LogP contribution in [0.3, 0.4) is 0 Å². The summed E-state index contributed by atoms with van der Waals surface area (Å²) in [5, 5.41) is 0.252. The van der Waals surface area contributed by atoms with Gasteiger partial charge < -0.3 is 19.9 Å². The zero-order valence-electron chi connectivity index (χ0n) is 20.5. The molecule has 3 heterocycles. The van der Waals surface area contributed by atoms with E-state index in [0.717, 1.165) is 16.7 Å². The number of fused-ring (bicyclic) bond motifs is 1. The van der Waals surface area contributed by atoms with Crippen LogP contribution in [0.2, 0.25) is 0 Å². The first-order valence-electron chi connectivity index (χ1n) is 11.1. The molecule has 11 heteroatoms. The Hall–Kier alpha value is -2.83. The number of nitrogens with zero attached hydrogens (tertiary/aromatic N) is 5. The standard InChI is InChI=1S/C25H26ClIN6O3/c1-13-8-9-25(26,14(2)33-11-16(27)20(34)19-22(28)30-12-31-23(19)33)21(36-5)18(13)15-6-7-17(29-10-15)24(35)32(3)4/h6-12,14,21H,1-5H3,(H2,28,30,31). The van der Waals surface area contributed by atoms with E-state index in [0.29, 0.717) is 14.9 Å². The summed E-state index contributed by atoms with van der Waals surface area (Å²) in [4.78, 5) is 38.3. The maximum Gasteiger partial charge on any atom is 0.271 e. The number of nitrogens with two attached hydrogens (primary N) is 1. The van der Waals surface area contributed by atoms with E-state index in [1.165, 1.54) is 11.2 Å². The Morgan fingerprint density at radius 2 is 2.03 bits per heavy atom. The second-order valence-electron chi connectivity index (χ2n) is 8.85. The summed E-state index contributed by atoms with van der Waals surface area (Å²) >= 11 is 9.37. The second kappa shape index (κ2) is 9.91. The Kier molecular flexibility index (Phi) is 7.22. The summed E-state index contributed by atoms with van der Waals surface area (Å²) in [5.74, 6) is -0.0641. The number of rotatable bonds is 5. The summed E-state index contributed by atoms with van der Waals surface area (Å²) < 4.78 is 8.33. The van der Waals surface area contributed by atoms with Crippen LogP contribution in [0.15, 0.2) is 53.4 Å². The number of nitrogen functional groups attached to an aromatic ring is 1. The minimum absolute atomic E-state index is 0.116. The number of anilines is 1. The number of alkyl halides is 1. The molecule has 9 nitrogen and oxygen atoms in total. The highest BCUT2D eigenvalue weighted by Gasteiger charge is 2.46. The van der Waals surface area contributed by atoms with Gasteiger partial charge in [-0.1, -0.05) is 18.2 Å². The number of allylic oxidation sites excluding steroid dienone is 2. The van der Waals surface area contributed by atoms with Crippen molar-refractivity contribution < 1.29 is 9.53 Å². The lowest BCUT2D eigenvalue weighted by Crippen LogP contribution is -2.46. The molecule has 0 spiro atoms. The molecule has 2 N–H and O–H groups in total. The van der Waals surface area contributed by atoms with Gasteiger partial charge in [0.05, 0.1) is 9.61 Å². The van der Waals surface area contributed by atoms with Gasteiger partial charge in [-0.3, -0.25) is 14.6 Å². The quantitative estimate of drug-likeness (QED) is 0.342. The van der Waals surface area contributed by atoms with Gasteiger partial charge in [-0.15, -0.1) is 11.6 Å². The molecule has 1 amide bonds. The van der Waals surface area contributed by atoms with Crippen molar-refractivity contribution in [3.63, 3.8) is 0 Å². The fourth-order valence-corrected chi connectivity index (χ4v) is 5.41. The van der Waals surface area contributed by atoms with Crippen molar-refractivity contribution in [2.24, 2.45) is 0 Å². The van der Waals surface area contributed by atoms with Gasteiger partial charge in [0.1, 0.15) is 39.9 Å². The molecular formula is C25H26ClIN6O3. The lowest BCUT2D eigenvalue weighted by Gasteiger charge is -2.42. The van der Waals surface area contributed by atoms with Crippen molar-refractivity contribution in [2.75, 3.05) is 26.9 Å². The Morgan fingerprint density at radius 3 is 2.64 bits per heavy atom. The maximum atomic E-state index is 12.8. The molecule has 0 aliphatic heterocycles. The van der Waals surface area contributed by atoms with Crippen LogP contribution in [0.5, 0.6) is 0 Å². The SMILES string of the molecule is COC1C(c2ccc(C(=O)N(C)C)nc2)=C(C)C=CC1(Cl)C(C)n1cc(I)c(=O)c2c(N)ncnc21. The van der Waals surface area contributed by atoms with Gasteiger partial charge in [-0.05, 0) is 59.2 Å². The van der Waals surface area contributed by atoms with E-state index in [1.54, 1.807) is 39.7 Å². The van der Waals surface area contributed by atoms with E-state index in [4.69, 9.17) is 22.1 Å². The van der Waals surface area contributed by atoms with E-state index >= 15 is 0 Å². The molecule has 1 aliphatic rings. The van der Waals surface area contributed by atoms with Crippen LogP contribution in [-0.4, -0.2) is 62.5 Å². The molecule has 0 aromatic carbocycles. The van der Waals surface area contributed by atoms with Crippen molar-refractivity contribution in [1.29, 1.82) is 0 Å². The minimum atomic E-state index is -1.06. The number of methoxy groups -OCH3 is 1. The summed E-state index contributed by atoms with van der Waals surface area (Å²) in [6, 6.07) is 3.12. The largest absolute Gasteiger partial charge is 0.383 e. The molecule has 188 valence electrons. The van der Waals surface area contributed by atoms with Gasteiger partial charge in [0.15, 0.2) is 0 Å². The number of hydrogen-bond acceptors (Lipinski definition) is 7. The molecule has 0 fully saturated rings. The first-order valence-corrected chi connectivity index (χ1v) is 12.6. The molecule has 0 saturated carbocycles. The van der Waals surface area contributed by atoms with Crippen LogP contribution < -0.4 is 11.2 Å². The molecule has 3 aromatic heterocycles. The van der Waals surface area contributed by atoms with Crippen molar-refractivity contribution >= 4 is 62.5 Å². The van der Waals surface area contributed by atoms with E-state index in [2.05, 4.69) is 15.0 Å². The maximum absolute atomic E-state index is 12.8. The van der Waals surface area contributed by atoms with Crippen LogP contribution in [-0.2, 0) is 4.74 Å². The number of ether oxygens (including phenoxy) is 1. The molecule has 0 bridgehead atoms. The van der Waals surface area contributed by atoms with Gasteiger partial charge in [-0.2, -0.15) is 0 Å². The summed E-state index contributed by atoms with van der Waals surface area (Å²) in [5.41, 5.74) is 9.17. The van der Waals surface area contributed by atoms with Gasteiger partial charge in [0.25, 0.3) is 5.91 Å². The van der Waals surface area contributed by atoms with Crippen molar-refractivity contribution in [1.82, 2.24) is 24.4 Å². The summed E-state index contributed by atoms with van der Waals surface area (Å²) in [6.07, 6.45) is 7.99. The van der Waals surface area contributed by atoms with Gasteiger partial charge in [-0.25, -0.2) is 9.97 Å².